The first-order valence-electron chi connectivity index (χ1n) is 8.02. The Bertz CT molecular complexity index is 696. The van der Waals surface area contributed by atoms with Gasteiger partial charge < -0.3 is 15.4 Å². The molecule has 0 aromatic heterocycles. The summed E-state index contributed by atoms with van der Waals surface area (Å²) in [5.74, 6) is -0.0136. The molecule has 0 radical (unpaired) electrons. The number of anilines is 2. The Balaban J connectivity index is 1.92. The van der Waals surface area contributed by atoms with E-state index >= 15 is 0 Å². The zero-order valence-corrected chi connectivity index (χ0v) is 14.0. The monoisotopic (exact) mass is 326 g/mol. The molecule has 0 aliphatic carbocycles. The van der Waals surface area contributed by atoms with E-state index in [9.17, 15) is 9.59 Å². The highest BCUT2D eigenvalue weighted by atomic mass is 16.5. The molecular weight excluding hydrogens is 304 g/mol. The molecule has 0 heterocycles. The van der Waals surface area contributed by atoms with Crippen molar-refractivity contribution in [2.75, 3.05) is 10.6 Å². The third-order valence-electron chi connectivity index (χ3n) is 3.38. The van der Waals surface area contributed by atoms with Crippen molar-refractivity contribution >= 4 is 23.4 Å². The number of aryl methyl sites for hydroxylation is 1. The molecule has 2 N–H and O–H groups in total. The van der Waals surface area contributed by atoms with Crippen LogP contribution in [0.3, 0.4) is 0 Å². The van der Waals surface area contributed by atoms with E-state index in [0.29, 0.717) is 11.4 Å². The van der Waals surface area contributed by atoms with Crippen LogP contribution < -0.4 is 15.4 Å². The summed E-state index contributed by atoms with van der Waals surface area (Å²) in [6.07, 6.45) is 3.37. The van der Waals surface area contributed by atoms with Gasteiger partial charge in [0.05, 0.1) is 0 Å². The average Bonchev–Trinajstić information content (AvgIpc) is 2.54. The highest BCUT2D eigenvalue weighted by Gasteiger charge is 2.05. The first kappa shape index (κ1) is 17.5. The average molecular weight is 326 g/mol. The van der Waals surface area contributed by atoms with Crippen LogP contribution in [0, 0.1) is 0 Å². The van der Waals surface area contributed by atoms with Crippen molar-refractivity contribution in [3.8, 4) is 5.75 Å². The van der Waals surface area contributed by atoms with Crippen LogP contribution in [0.4, 0.5) is 16.2 Å². The highest BCUT2D eigenvalue weighted by molar-refractivity contribution is 5.99. The Kier molecular flexibility index (Phi) is 6.37. The third-order valence-corrected chi connectivity index (χ3v) is 3.38. The molecular formula is C19H22N2O3. The van der Waals surface area contributed by atoms with Gasteiger partial charge >= 0.3 is 12.0 Å². The number of rotatable bonds is 6. The van der Waals surface area contributed by atoms with Crippen LogP contribution in [0.1, 0.15) is 32.3 Å². The summed E-state index contributed by atoms with van der Waals surface area (Å²) in [7, 11) is 0. The van der Waals surface area contributed by atoms with E-state index in [1.165, 1.54) is 12.5 Å². The summed E-state index contributed by atoms with van der Waals surface area (Å²) < 4.78 is 4.99. The number of esters is 1. The second-order valence-corrected chi connectivity index (χ2v) is 5.50. The molecule has 0 aliphatic rings. The molecule has 24 heavy (non-hydrogen) atoms. The lowest BCUT2D eigenvalue weighted by atomic mass is 10.1. The van der Waals surface area contributed by atoms with Crippen molar-refractivity contribution < 1.29 is 14.3 Å². The molecule has 2 rings (SSSR count). The van der Waals surface area contributed by atoms with Gasteiger partial charge in [-0.2, -0.15) is 0 Å². The zero-order chi connectivity index (χ0) is 17.4. The van der Waals surface area contributed by atoms with Crippen molar-refractivity contribution in [1.82, 2.24) is 0 Å². The fourth-order valence-corrected chi connectivity index (χ4v) is 2.23. The molecule has 0 atom stereocenters. The zero-order valence-electron chi connectivity index (χ0n) is 14.0. The Labute approximate surface area is 142 Å². The van der Waals surface area contributed by atoms with Gasteiger partial charge in [-0.05, 0) is 42.7 Å². The maximum Gasteiger partial charge on any atom is 0.323 e. The number of urea groups is 1. The van der Waals surface area contributed by atoms with Crippen LogP contribution in [0.5, 0.6) is 5.75 Å². The molecule has 0 spiro atoms. The van der Waals surface area contributed by atoms with Crippen LogP contribution in [-0.2, 0) is 11.2 Å². The number of benzene rings is 2. The summed E-state index contributed by atoms with van der Waals surface area (Å²) in [5.41, 5.74) is 2.53. The van der Waals surface area contributed by atoms with Crippen molar-refractivity contribution in [3.05, 3.63) is 54.1 Å². The Morgan fingerprint density at radius 1 is 1.00 bits per heavy atom. The van der Waals surface area contributed by atoms with Gasteiger partial charge in [0.2, 0.25) is 0 Å². The largest absolute Gasteiger partial charge is 0.427 e. The second kappa shape index (κ2) is 8.72. The van der Waals surface area contributed by atoms with E-state index in [0.717, 1.165) is 24.9 Å². The molecule has 0 unspecified atom stereocenters. The summed E-state index contributed by atoms with van der Waals surface area (Å²) in [6, 6.07) is 14.1. The van der Waals surface area contributed by atoms with Crippen LogP contribution in [0.25, 0.3) is 0 Å². The van der Waals surface area contributed by atoms with Crippen LogP contribution >= 0.6 is 0 Å². The van der Waals surface area contributed by atoms with Crippen LogP contribution in [0.2, 0.25) is 0 Å². The lowest BCUT2D eigenvalue weighted by Crippen LogP contribution is -2.19. The molecule has 126 valence electrons. The summed E-state index contributed by atoms with van der Waals surface area (Å²) in [5, 5.41) is 5.49. The molecule has 2 aromatic carbocycles. The molecule has 2 amide bonds. The molecule has 5 heteroatoms. The molecule has 0 fully saturated rings. The van der Waals surface area contributed by atoms with Gasteiger partial charge in [0.1, 0.15) is 5.75 Å². The van der Waals surface area contributed by atoms with Gasteiger partial charge in [-0.25, -0.2) is 4.79 Å². The molecule has 0 bridgehead atoms. The van der Waals surface area contributed by atoms with Gasteiger partial charge in [-0.15, -0.1) is 0 Å². The standard InChI is InChI=1S/C19H22N2O3/c1-3-4-6-15-9-11-16(12-10-15)20-19(23)21-17-7-5-8-18(13-17)24-14(2)22/h5,7-13H,3-4,6H2,1-2H3,(H2,20,21,23). The van der Waals surface area contributed by atoms with Crippen molar-refractivity contribution in [3.63, 3.8) is 0 Å². The first-order valence-corrected chi connectivity index (χ1v) is 8.02. The molecule has 0 saturated heterocycles. The number of hydrogen-bond acceptors (Lipinski definition) is 3. The fraction of sp³-hybridized carbons (Fsp3) is 0.263. The normalized spacial score (nSPS) is 10.1. The van der Waals surface area contributed by atoms with Crippen LogP contribution in [0.15, 0.2) is 48.5 Å². The number of carbonyl (C=O) groups excluding carboxylic acids is 2. The highest BCUT2D eigenvalue weighted by Crippen LogP contribution is 2.18. The molecule has 5 nitrogen and oxygen atoms in total. The third kappa shape index (κ3) is 5.76. The summed E-state index contributed by atoms with van der Waals surface area (Å²) in [4.78, 5) is 23.0. The van der Waals surface area contributed by atoms with Crippen LogP contribution in [-0.4, -0.2) is 12.0 Å². The maximum absolute atomic E-state index is 12.0. The first-order chi connectivity index (χ1) is 11.6. The number of unbranched alkanes of at least 4 members (excludes halogenated alkanes) is 1. The van der Waals surface area contributed by atoms with E-state index in [1.54, 1.807) is 24.3 Å². The maximum atomic E-state index is 12.0. The van der Waals surface area contributed by atoms with E-state index in [4.69, 9.17) is 4.74 Å². The predicted molar refractivity (Wildman–Crippen MR) is 95.4 cm³/mol. The van der Waals surface area contributed by atoms with Gasteiger partial charge in [0.15, 0.2) is 0 Å². The summed E-state index contributed by atoms with van der Waals surface area (Å²) in [6.45, 7) is 3.49. The van der Waals surface area contributed by atoms with Gasteiger partial charge in [0.25, 0.3) is 0 Å². The number of carbonyl (C=O) groups is 2. The lowest BCUT2D eigenvalue weighted by Gasteiger charge is -2.09. The number of ether oxygens (including phenoxy) is 1. The number of nitrogens with one attached hydrogen (secondary N) is 2. The quantitative estimate of drug-likeness (QED) is 0.602. The molecule has 2 aromatic rings. The summed E-state index contributed by atoms with van der Waals surface area (Å²) >= 11 is 0. The topological polar surface area (TPSA) is 67.4 Å². The number of amides is 2. The van der Waals surface area contributed by atoms with Gasteiger partial charge in [-0.3, -0.25) is 4.79 Å². The van der Waals surface area contributed by atoms with E-state index < -0.39 is 5.97 Å². The number of hydrogen-bond donors (Lipinski definition) is 2. The fourth-order valence-electron chi connectivity index (χ4n) is 2.23. The minimum atomic E-state index is -0.403. The molecule has 0 aliphatic heterocycles. The van der Waals surface area contributed by atoms with Crippen molar-refractivity contribution in [2.45, 2.75) is 33.1 Å². The smallest absolute Gasteiger partial charge is 0.323 e. The minimum absolute atomic E-state index is 0.351. The Morgan fingerprint density at radius 3 is 2.38 bits per heavy atom. The van der Waals surface area contributed by atoms with Gasteiger partial charge in [0, 0.05) is 24.4 Å². The SMILES string of the molecule is CCCCc1ccc(NC(=O)Nc2cccc(OC(C)=O)c2)cc1. The second-order valence-electron chi connectivity index (χ2n) is 5.50. The lowest BCUT2D eigenvalue weighted by molar-refractivity contribution is -0.131. The minimum Gasteiger partial charge on any atom is -0.427 e. The van der Waals surface area contributed by atoms with E-state index in [1.807, 2.05) is 24.3 Å². The Morgan fingerprint density at radius 2 is 1.71 bits per heavy atom. The Hall–Kier alpha value is -2.82. The predicted octanol–water partition coefficient (Wildman–Crippen LogP) is 4.60. The van der Waals surface area contributed by atoms with Gasteiger partial charge in [-0.1, -0.05) is 31.5 Å². The van der Waals surface area contributed by atoms with E-state index in [2.05, 4.69) is 17.6 Å². The van der Waals surface area contributed by atoms with Crippen molar-refractivity contribution in [1.29, 1.82) is 0 Å². The molecule has 0 saturated carbocycles. The van der Waals surface area contributed by atoms with Crippen molar-refractivity contribution in [2.24, 2.45) is 0 Å². The van der Waals surface area contributed by atoms with E-state index in [-0.39, 0.29) is 6.03 Å².